The maximum Gasteiger partial charge on any atom is 0.237 e. The van der Waals surface area contributed by atoms with Crippen molar-refractivity contribution in [3.05, 3.63) is 64.1 Å². The van der Waals surface area contributed by atoms with Crippen LogP contribution < -0.4 is 5.32 Å². The van der Waals surface area contributed by atoms with Crippen molar-refractivity contribution in [3.8, 4) is 5.69 Å². The van der Waals surface area contributed by atoms with Crippen LogP contribution in [0.1, 0.15) is 38.7 Å². The smallest absolute Gasteiger partial charge is 0.237 e. The molecule has 0 aliphatic carbocycles. The Morgan fingerprint density at radius 2 is 1.86 bits per heavy atom. The summed E-state index contributed by atoms with van der Waals surface area (Å²) in [4.78, 5) is 12.8. The molecule has 2 unspecified atom stereocenters. The summed E-state index contributed by atoms with van der Waals surface area (Å²) in [5, 5.41) is 7.38. The molecule has 0 saturated heterocycles. The number of anilines is 1. The van der Waals surface area contributed by atoms with Gasteiger partial charge in [0.15, 0.2) is 8.29 Å². The first-order valence-corrected chi connectivity index (χ1v) is 11.3. The average molecular weight is 430 g/mol. The summed E-state index contributed by atoms with van der Waals surface area (Å²) in [5.74, 6) is 0.360. The van der Waals surface area contributed by atoms with Crippen molar-refractivity contribution in [1.29, 1.82) is 0 Å². The Bertz CT molecular complexity index is 997. The van der Waals surface area contributed by atoms with Gasteiger partial charge < -0.3 is 5.32 Å². The fraction of sp³-hybridized carbons (Fsp3) is 0.286. The first-order chi connectivity index (χ1) is 13.5. The van der Waals surface area contributed by atoms with Gasteiger partial charge in [0.2, 0.25) is 5.91 Å². The zero-order chi connectivity index (χ0) is 20.1. The van der Waals surface area contributed by atoms with Crippen LogP contribution in [0, 0.1) is 3.95 Å². The Balaban J connectivity index is 1.71. The highest BCUT2D eigenvalue weighted by Gasteiger charge is 2.19. The van der Waals surface area contributed by atoms with E-state index >= 15 is 0 Å². The van der Waals surface area contributed by atoms with Crippen molar-refractivity contribution in [2.45, 2.75) is 42.7 Å². The van der Waals surface area contributed by atoms with Gasteiger partial charge in [0, 0.05) is 5.69 Å². The van der Waals surface area contributed by atoms with E-state index in [0.717, 1.165) is 22.1 Å². The van der Waals surface area contributed by atoms with E-state index in [4.69, 9.17) is 12.2 Å². The van der Waals surface area contributed by atoms with Gasteiger partial charge in [-0.15, -0.1) is 5.10 Å². The molecule has 0 fully saturated rings. The molecule has 146 valence electrons. The minimum absolute atomic E-state index is 0.0341. The van der Waals surface area contributed by atoms with Gasteiger partial charge in [-0.1, -0.05) is 73.3 Å². The molecular weight excluding hydrogens is 406 g/mol. The van der Waals surface area contributed by atoms with Crippen molar-refractivity contribution >= 4 is 46.9 Å². The van der Waals surface area contributed by atoms with Crippen LogP contribution in [0.4, 0.5) is 5.69 Å². The van der Waals surface area contributed by atoms with E-state index in [1.165, 1.54) is 28.7 Å². The average Bonchev–Trinajstić information content (AvgIpc) is 3.08. The maximum atomic E-state index is 12.8. The first kappa shape index (κ1) is 20.8. The van der Waals surface area contributed by atoms with Gasteiger partial charge >= 0.3 is 0 Å². The van der Waals surface area contributed by atoms with Gasteiger partial charge in [-0.2, -0.15) is 0 Å². The Morgan fingerprint density at radius 3 is 2.57 bits per heavy atom. The Labute approximate surface area is 179 Å². The van der Waals surface area contributed by atoms with Gasteiger partial charge in [-0.05, 0) is 55.2 Å². The summed E-state index contributed by atoms with van der Waals surface area (Å²) in [6.07, 6.45) is 1.03. The lowest BCUT2D eigenvalue weighted by atomic mass is 9.97. The Morgan fingerprint density at radius 1 is 1.18 bits per heavy atom. The van der Waals surface area contributed by atoms with E-state index in [1.54, 1.807) is 4.68 Å². The molecule has 2 atom stereocenters. The highest BCUT2D eigenvalue weighted by molar-refractivity contribution is 8.02. The number of amides is 1. The summed E-state index contributed by atoms with van der Waals surface area (Å²) in [7, 11) is 0. The topological polar surface area (TPSA) is 46.9 Å². The van der Waals surface area contributed by atoms with Crippen LogP contribution in [-0.2, 0) is 4.79 Å². The van der Waals surface area contributed by atoms with Crippen LogP contribution in [0.15, 0.2) is 58.9 Å². The van der Waals surface area contributed by atoms with Crippen LogP contribution in [-0.4, -0.2) is 20.9 Å². The number of carbonyl (C=O) groups is 1. The van der Waals surface area contributed by atoms with Crippen LogP contribution in [0.3, 0.4) is 0 Å². The van der Waals surface area contributed by atoms with Crippen LogP contribution in [0.5, 0.6) is 0 Å². The SMILES string of the molecule is CCC(C)c1ccccc1NC(=O)C(C)Sc1nn(-c2ccccc2)c(=S)s1. The van der Waals surface area contributed by atoms with Gasteiger partial charge in [-0.3, -0.25) is 4.79 Å². The van der Waals surface area contributed by atoms with Crippen molar-refractivity contribution in [2.75, 3.05) is 5.32 Å². The third kappa shape index (κ3) is 4.90. The summed E-state index contributed by atoms with van der Waals surface area (Å²) >= 11 is 8.29. The summed E-state index contributed by atoms with van der Waals surface area (Å²) in [6.45, 7) is 6.22. The molecule has 3 rings (SSSR count). The number of benzene rings is 2. The van der Waals surface area contributed by atoms with Crippen LogP contribution in [0.2, 0.25) is 0 Å². The van der Waals surface area contributed by atoms with E-state index in [9.17, 15) is 4.79 Å². The maximum absolute atomic E-state index is 12.8. The molecule has 0 saturated carbocycles. The molecule has 3 aromatic rings. The van der Waals surface area contributed by atoms with Gasteiger partial charge in [0.25, 0.3) is 0 Å². The molecule has 0 aliphatic heterocycles. The highest BCUT2D eigenvalue weighted by atomic mass is 32.2. The molecule has 1 amide bonds. The number of nitrogens with one attached hydrogen (secondary N) is 1. The minimum atomic E-state index is -0.283. The monoisotopic (exact) mass is 429 g/mol. The van der Waals surface area contributed by atoms with Crippen LogP contribution >= 0.6 is 35.3 Å². The Kier molecular flexibility index (Phi) is 7.04. The quantitative estimate of drug-likeness (QED) is 0.354. The predicted octanol–water partition coefficient (Wildman–Crippen LogP) is 6.30. The molecule has 0 spiro atoms. The fourth-order valence-electron chi connectivity index (χ4n) is 2.74. The van der Waals surface area contributed by atoms with Crippen molar-refractivity contribution in [3.63, 3.8) is 0 Å². The van der Waals surface area contributed by atoms with Gasteiger partial charge in [-0.25, -0.2) is 4.68 Å². The number of carbonyl (C=O) groups excluding carboxylic acids is 1. The third-order valence-corrected chi connectivity index (χ3v) is 6.96. The van der Waals surface area contributed by atoms with Crippen molar-refractivity contribution in [1.82, 2.24) is 9.78 Å². The molecule has 0 radical (unpaired) electrons. The zero-order valence-electron chi connectivity index (χ0n) is 16.1. The fourth-order valence-corrected chi connectivity index (χ4v) is 5.25. The third-order valence-electron chi connectivity index (χ3n) is 4.54. The van der Waals surface area contributed by atoms with E-state index in [0.29, 0.717) is 9.87 Å². The lowest BCUT2D eigenvalue weighted by Gasteiger charge is -2.17. The molecule has 0 bridgehead atoms. The summed E-state index contributed by atoms with van der Waals surface area (Å²) in [6, 6.07) is 17.8. The second kappa shape index (κ2) is 9.49. The number of aromatic nitrogens is 2. The number of hydrogen-bond acceptors (Lipinski definition) is 5. The van der Waals surface area contributed by atoms with E-state index in [-0.39, 0.29) is 11.2 Å². The van der Waals surface area contributed by atoms with Gasteiger partial charge in [0.05, 0.1) is 10.9 Å². The largest absolute Gasteiger partial charge is 0.325 e. The molecule has 2 aromatic carbocycles. The zero-order valence-corrected chi connectivity index (χ0v) is 18.5. The highest BCUT2D eigenvalue weighted by Crippen LogP contribution is 2.30. The molecule has 1 heterocycles. The second-order valence-electron chi connectivity index (χ2n) is 6.53. The Hall–Kier alpha value is -1.96. The molecule has 7 heteroatoms. The molecule has 1 N–H and O–H groups in total. The van der Waals surface area contributed by atoms with E-state index in [2.05, 4.69) is 30.3 Å². The molecule has 4 nitrogen and oxygen atoms in total. The van der Waals surface area contributed by atoms with Crippen molar-refractivity contribution in [2.24, 2.45) is 0 Å². The van der Waals surface area contributed by atoms with E-state index < -0.39 is 0 Å². The number of nitrogens with zero attached hydrogens (tertiary/aromatic N) is 2. The summed E-state index contributed by atoms with van der Waals surface area (Å²) < 4.78 is 3.20. The van der Waals surface area contributed by atoms with E-state index in [1.807, 2.05) is 55.5 Å². The second-order valence-corrected chi connectivity index (χ2v) is 9.74. The normalized spacial score (nSPS) is 13.1. The molecule has 28 heavy (non-hydrogen) atoms. The number of hydrogen-bond donors (Lipinski definition) is 1. The first-order valence-electron chi connectivity index (χ1n) is 9.21. The van der Waals surface area contributed by atoms with Crippen LogP contribution in [0.25, 0.3) is 5.69 Å². The minimum Gasteiger partial charge on any atom is -0.325 e. The number of thioether (sulfide) groups is 1. The summed E-state index contributed by atoms with van der Waals surface area (Å²) in [5.41, 5.74) is 2.98. The number of rotatable bonds is 7. The number of para-hydroxylation sites is 2. The predicted molar refractivity (Wildman–Crippen MR) is 121 cm³/mol. The molecular formula is C21H23N3OS3. The standard InChI is InChI=1S/C21H23N3OS3/c1-4-14(2)17-12-8-9-13-18(17)22-19(25)15(3)27-20-23-24(21(26)28-20)16-10-6-5-7-11-16/h5-15H,4H2,1-3H3,(H,22,25). The van der Waals surface area contributed by atoms with Gasteiger partial charge in [0.1, 0.15) is 0 Å². The molecule has 0 aliphatic rings. The lowest BCUT2D eigenvalue weighted by molar-refractivity contribution is -0.115. The molecule has 1 aromatic heterocycles. The van der Waals surface area contributed by atoms with Crippen molar-refractivity contribution < 1.29 is 4.79 Å². The lowest BCUT2D eigenvalue weighted by Crippen LogP contribution is -2.23.